The van der Waals surface area contributed by atoms with Crippen molar-refractivity contribution < 1.29 is 9.53 Å². The quantitative estimate of drug-likeness (QED) is 0.639. The molecular weight excluding hydrogens is 358 g/mol. The van der Waals surface area contributed by atoms with E-state index < -0.39 is 5.60 Å². The standard InChI is InChI=1S/C21H23N3O2S/c1-21(2,3)26-20(25)16-9-7-15(8-10-16)12-22-13-17-14-27-19(24-17)18-6-4-5-11-23-18/h4-11,14,22H,12-13H2,1-3H3. The van der Waals surface area contributed by atoms with E-state index in [1.165, 1.54) is 0 Å². The van der Waals surface area contributed by atoms with Crippen LogP contribution in [-0.2, 0) is 17.8 Å². The Hall–Kier alpha value is -2.57. The van der Waals surface area contributed by atoms with Crippen molar-refractivity contribution in [3.63, 3.8) is 0 Å². The number of nitrogens with one attached hydrogen (secondary N) is 1. The van der Waals surface area contributed by atoms with Gasteiger partial charge in [0.15, 0.2) is 0 Å². The second-order valence-corrected chi connectivity index (χ2v) is 8.02. The van der Waals surface area contributed by atoms with E-state index >= 15 is 0 Å². The van der Waals surface area contributed by atoms with Gasteiger partial charge < -0.3 is 10.1 Å². The highest BCUT2D eigenvalue weighted by Crippen LogP contribution is 2.21. The van der Waals surface area contributed by atoms with Crippen LogP contribution in [0.5, 0.6) is 0 Å². The Labute approximate surface area is 163 Å². The largest absolute Gasteiger partial charge is 0.456 e. The number of benzene rings is 1. The van der Waals surface area contributed by atoms with Crippen LogP contribution in [0.3, 0.4) is 0 Å². The molecule has 0 aliphatic rings. The van der Waals surface area contributed by atoms with Crippen LogP contribution >= 0.6 is 11.3 Å². The average molecular weight is 382 g/mol. The first-order chi connectivity index (χ1) is 12.9. The molecule has 0 aliphatic carbocycles. The maximum atomic E-state index is 12.0. The number of pyridine rings is 1. The van der Waals surface area contributed by atoms with Crippen LogP contribution in [-0.4, -0.2) is 21.5 Å². The van der Waals surface area contributed by atoms with Crippen LogP contribution < -0.4 is 5.32 Å². The number of rotatable bonds is 6. The molecule has 0 spiro atoms. The first-order valence-corrected chi connectivity index (χ1v) is 9.67. The average Bonchev–Trinajstić information content (AvgIpc) is 3.10. The lowest BCUT2D eigenvalue weighted by atomic mass is 10.1. The SMILES string of the molecule is CC(C)(C)OC(=O)c1ccc(CNCc2csc(-c3ccccn3)n2)cc1. The molecule has 0 atom stereocenters. The molecule has 3 rings (SSSR count). The third-order valence-corrected chi connectivity index (χ3v) is 4.57. The third-order valence-electron chi connectivity index (χ3n) is 3.66. The Morgan fingerprint density at radius 1 is 1.11 bits per heavy atom. The number of carbonyl (C=O) groups excluding carboxylic acids is 1. The number of carbonyl (C=O) groups is 1. The van der Waals surface area contributed by atoms with Crippen LogP contribution in [0.1, 0.15) is 42.4 Å². The van der Waals surface area contributed by atoms with Crippen molar-refractivity contribution in [1.82, 2.24) is 15.3 Å². The van der Waals surface area contributed by atoms with Gasteiger partial charge in [0.25, 0.3) is 0 Å². The van der Waals surface area contributed by atoms with E-state index in [1.54, 1.807) is 29.7 Å². The predicted molar refractivity (Wildman–Crippen MR) is 107 cm³/mol. The van der Waals surface area contributed by atoms with E-state index in [9.17, 15) is 4.79 Å². The molecule has 0 bridgehead atoms. The number of ether oxygens (including phenoxy) is 1. The minimum atomic E-state index is -0.487. The van der Waals surface area contributed by atoms with Crippen molar-refractivity contribution >= 4 is 17.3 Å². The lowest BCUT2D eigenvalue weighted by molar-refractivity contribution is 0.00695. The van der Waals surface area contributed by atoms with E-state index in [2.05, 4.69) is 15.3 Å². The summed E-state index contributed by atoms with van der Waals surface area (Å²) in [6.07, 6.45) is 1.77. The molecular formula is C21H23N3O2S. The molecule has 0 saturated heterocycles. The van der Waals surface area contributed by atoms with Gasteiger partial charge in [0.1, 0.15) is 10.6 Å². The first-order valence-electron chi connectivity index (χ1n) is 8.79. The van der Waals surface area contributed by atoms with E-state index in [0.717, 1.165) is 22.0 Å². The molecule has 5 nitrogen and oxygen atoms in total. The highest BCUT2D eigenvalue weighted by molar-refractivity contribution is 7.13. The Bertz CT molecular complexity index is 884. The van der Waals surface area contributed by atoms with Crippen LogP contribution in [0.4, 0.5) is 0 Å². The van der Waals surface area contributed by atoms with Crippen molar-refractivity contribution in [2.45, 2.75) is 39.5 Å². The normalized spacial score (nSPS) is 11.4. The molecule has 1 aromatic carbocycles. The van der Waals surface area contributed by atoms with Crippen molar-refractivity contribution in [3.8, 4) is 10.7 Å². The van der Waals surface area contributed by atoms with Crippen molar-refractivity contribution in [2.24, 2.45) is 0 Å². The van der Waals surface area contributed by atoms with Gasteiger partial charge in [-0.25, -0.2) is 9.78 Å². The van der Waals surface area contributed by atoms with Gasteiger partial charge in [0.2, 0.25) is 0 Å². The highest BCUT2D eigenvalue weighted by Gasteiger charge is 2.17. The van der Waals surface area contributed by atoms with E-state index in [0.29, 0.717) is 18.7 Å². The predicted octanol–water partition coefficient (Wildman–Crippen LogP) is 4.45. The summed E-state index contributed by atoms with van der Waals surface area (Å²) in [5, 5.41) is 6.35. The summed E-state index contributed by atoms with van der Waals surface area (Å²) in [6, 6.07) is 13.3. The van der Waals surface area contributed by atoms with Gasteiger partial charge in [-0.2, -0.15) is 0 Å². The number of aromatic nitrogens is 2. The maximum absolute atomic E-state index is 12.0. The smallest absolute Gasteiger partial charge is 0.338 e. The van der Waals surface area contributed by atoms with E-state index in [4.69, 9.17) is 4.74 Å². The molecule has 2 heterocycles. The Morgan fingerprint density at radius 3 is 2.56 bits per heavy atom. The molecule has 6 heteroatoms. The zero-order chi connectivity index (χ0) is 19.3. The summed E-state index contributed by atoms with van der Waals surface area (Å²) in [6.45, 7) is 6.96. The summed E-state index contributed by atoms with van der Waals surface area (Å²) in [4.78, 5) is 21.0. The minimum absolute atomic E-state index is 0.300. The van der Waals surface area contributed by atoms with Gasteiger partial charge in [0, 0.05) is 24.7 Å². The monoisotopic (exact) mass is 381 g/mol. The van der Waals surface area contributed by atoms with Gasteiger partial charge in [-0.3, -0.25) is 4.98 Å². The topological polar surface area (TPSA) is 64.1 Å². The fourth-order valence-corrected chi connectivity index (χ4v) is 3.22. The molecule has 1 N–H and O–H groups in total. The zero-order valence-electron chi connectivity index (χ0n) is 15.7. The van der Waals surface area contributed by atoms with Crippen LogP contribution in [0.15, 0.2) is 54.0 Å². The number of nitrogens with zero attached hydrogens (tertiary/aromatic N) is 2. The molecule has 140 valence electrons. The Kier molecular flexibility index (Phi) is 5.98. The van der Waals surface area contributed by atoms with Gasteiger partial charge >= 0.3 is 5.97 Å². The molecule has 27 heavy (non-hydrogen) atoms. The first kappa shape index (κ1) is 19.2. The number of hydrogen-bond acceptors (Lipinski definition) is 6. The summed E-state index contributed by atoms with van der Waals surface area (Å²) >= 11 is 1.59. The van der Waals surface area contributed by atoms with E-state index in [1.807, 2.05) is 56.5 Å². The second kappa shape index (κ2) is 8.41. The van der Waals surface area contributed by atoms with Crippen molar-refractivity contribution in [3.05, 3.63) is 70.9 Å². The molecule has 0 radical (unpaired) electrons. The zero-order valence-corrected chi connectivity index (χ0v) is 16.5. The van der Waals surface area contributed by atoms with Crippen LogP contribution in [0.2, 0.25) is 0 Å². The highest BCUT2D eigenvalue weighted by atomic mass is 32.1. The number of thiazole rings is 1. The molecule has 3 aromatic rings. The third kappa shape index (κ3) is 5.70. The van der Waals surface area contributed by atoms with Crippen LogP contribution in [0.25, 0.3) is 10.7 Å². The maximum Gasteiger partial charge on any atom is 0.338 e. The minimum Gasteiger partial charge on any atom is -0.456 e. The molecule has 0 amide bonds. The summed E-state index contributed by atoms with van der Waals surface area (Å²) in [7, 11) is 0. The van der Waals surface area contributed by atoms with E-state index in [-0.39, 0.29) is 5.97 Å². The molecule has 0 unspecified atom stereocenters. The lowest BCUT2D eigenvalue weighted by Gasteiger charge is -2.19. The molecule has 2 aromatic heterocycles. The van der Waals surface area contributed by atoms with Gasteiger partial charge in [-0.1, -0.05) is 18.2 Å². The molecule has 0 fully saturated rings. The summed E-state index contributed by atoms with van der Waals surface area (Å²) in [5.74, 6) is -0.300. The summed E-state index contributed by atoms with van der Waals surface area (Å²) < 4.78 is 5.37. The van der Waals surface area contributed by atoms with Gasteiger partial charge in [-0.15, -0.1) is 11.3 Å². The second-order valence-electron chi connectivity index (χ2n) is 7.16. The van der Waals surface area contributed by atoms with Gasteiger partial charge in [0.05, 0.1) is 17.0 Å². The summed E-state index contributed by atoms with van der Waals surface area (Å²) in [5.41, 5.74) is 3.06. The van der Waals surface area contributed by atoms with Crippen molar-refractivity contribution in [2.75, 3.05) is 0 Å². The fourth-order valence-electron chi connectivity index (χ4n) is 2.43. The lowest BCUT2D eigenvalue weighted by Crippen LogP contribution is -2.23. The van der Waals surface area contributed by atoms with Gasteiger partial charge in [-0.05, 0) is 50.6 Å². The Balaban J connectivity index is 1.51. The number of esters is 1. The fraction of sp³-hybridized carbons (Fsp3) is 0.286. The molecule has 0 aliphatic heterocycles. The number of hydrogen-bond donors (Lipinski definition) is 1. The molecule has 0 saturated carbocycles. The Morgan fingerprint density at radius 2 is 1.89 bits per heavy atom. The van der Waals surface area contributed by atoms with Crippen LogP contribution in [0, 0.1) is 0 Å². The van der Waals surface area contributed by atoms with Crippen molar-refractivity contribution in [1.29, 1.82) is 0 Å².